The van der Waals surface area contributed by atoms with Crippen LogP contribution < -0.4 is 0 Å². The minimum Gasteiger partial charge on any atom is -0.360 e. The monoisotopic (exact) mass is 310 g/mol. The first-order valence-corrected chi connectivity index (χ1v) is 9.29. The lowest BCUT2D eigenvalue weighted by Gasteiger charge is -2.37. The van der Waals surface area contributed by atoms with Gasteiger partial charge in [0.25, 0.3) is 0 Å². The van der Waals surface area contributed by atoms with Gasteiger partial charge < -0.3 is 4.52 Å². The number of rotatable bonds is 2. The summed E-state index contributed by atoms with van der Waals surface area (Å²) >= 11 is 0. The van der Waals surface area contributed by atoms with Gasteiger partial charge in [0, 0.05) is 17.5 Å². The summed E-state index contributed by atoms with van der Waals surface area (Å²) in [7, 11) is -3.20. The van der Waals surface area contributed by atoms with Crippen LogP contribution in [0.15, 0.2) is 10.6 Å². The molecule has 4 rings (SSSR count). The molecule has 21 heavy (non-hydrogen) atoms. The van der Waals surface area contributed by atoms with Crippen LogP contribution in [0.4, 0.5) is 0 Å². The summed E-state index contributed by atoms with van der Waals surface area (Å²) in [5.74, 6) is 1.60. The molecule has 0 aromatic carbocycles. The molecule has 0 N–H and O–H groups in total. The van der Waals surface area contributed by atoms with Crippen molar-refractivity contribution in [3.05, 3.63) is 17.5 Å². The van der Waals surface area contributed by atoms with Crippen LogP contribution in [0.2, 0.25) is 0 Å². The van der Waals surface area contributed by atoms with Crippen LogP contribution in [-0.2, 0) is 16.6 Å². The number of aryl methyl sites for hydroxylation is 1. The molecular weight excluding hydrogens is 288 g/mol. The molecule has 116 valence electrons. The maximum Gasteiger partial charge on any atom is 0.215 e. The molecule has 1 aromatic heterocycles. The Labute approximate surface area is 125 Å². The Balaban J connectivity index is 1.72. The van der Waals surface area contributed by atoms with E-state index in [1.165, 1.54) is 6.42 Å². The van der Waals surface area contributed by atoms with Crippen molar-refractivity contribution < 1.29 is 12.9 Å². The van der Waals surface area contributed by atoms with Gasteiger partial charge in [0.2, 0.25) is 10.0 Å². The molecule has 5 nitrogen and oxygen atoms in total. The van der Waals surface area contributed by atoms with Crippen molar-refractivity contribution in [3.63, 3.8) is 0 Å². The van der Waals surface area contributed by atoms with Crippen molar-refractivity contribution in [2.45, 2.75) is 52.6 Å². The molecule has 1 saturated heterocycles. The predicted octanol–water partition coefficient (Wildman–Crippen LogP) is 2.32. The fourth-order valence-corrected chi connectivity index (χ4v) is 7.75. The first-order chi connectivity index (χ1) is 9.76. The summed E-state index contributed by atoms with van der Waals surface area (Å²) in [6, 6.07) is 1.97. The van der Waals surface area contributed by atoms with Gasteiger partial charge in [0.15, 0.2) is 5.76 Å². The van der Waals surface area contributed by atoms with E-state index in [4.69, 9.17) is 4.52 Å². The first-order valence-electron chi connectivity index (χ1n) is 7.68. The third-order valence-corrected chi connectivity index (χ3v) is 8.50. The molecule has 3 fully saturated rings. The van der Waals surface area contributed by atoms with Crippen molar-refractivity contribution in [2.75, 3.05) is 5.75 Å². The highest BCUT2D eigenvalue weighted by atomic mass is 32.2. The Bertz CT molecular complexity index is 694. The molecule has 0 amide bonds. The number of sulfonamides is 1. The van der Waals surface area contributed by atoms with E-state index < -0.39 is 10.0 Å². The standard InChI is InChI=1S/C15H22N2O3S/c1-10-6-12(20-16-10)8-17-13-7-11-4-5-15(13,14(11,2)3)9-21(17,18)19/h6,11,13H,4-5,7-9H2,1-3H3/t11-,13+,15+/m1/s1. The maximum absolute atomic E-state index is 12.7. The van der Waals surface area contributed by atoms with E-state index in [9.17, 15) is 8.42 Å². The van der Waals surface area contributed by atoms with Crippen molar-refractivity contribution in [1.29, 1.82) is 0 Å². The van der Waals surface area contributed by atoms with Gasteiger partial charge >= 0.3 is 0 Å². The quantitative estimate of drug-likeness (QED) is 0.841. The second kappa shape index (κ2) is 3.90. The van der Waals surface area contributed by atoms with Crippen LogP contribution in [0.1, 0.15) is 44.6 Å². The average molecular weight is 310 g/mol. The molecule has 2 bridgehead atoms. The van der Waals surface area contributed by atoms with Crippen molar-refractivity contribution in [2.24, 2.45) is 16.7 Å². The zero-order valence-corrected chi connectivity index (χ0v) is 13.6. The summed E-state index contributed by atoms with van der Waals surface area (Å²) < 4.78 is 32.4. The predicted molar refractivity (Wildman–Crippen MR) is 77.9 cm³/mol. The number of hydrogen-bond donors (Lipinski definition) is 0. The molecule has 2 heterocycles. The summed E-state index contributed by atoms with van der Waals surface area (Å²) in [5.41, 5.74) is 0.854. The highest BCUT2D eigenvalue weighted by molar-refractivity contribution is 7.89. The minimum absolute atomic E-state index is 0.0639. The van der Waals surface area contributed by atoms with E-state index in [0.717, 1.165) is 18.5 Å². The van der Waals surface area contributed by atoms with Crippen LogP contribution in [0, 0.1) is 23.7 Å². The fourth-order valence-electron chi connectivity index (χ4n) is 5.23. The molecule has 0 unspecified atom stereocenters. The smallest absolute Gasteiger partial charge is 0.215 e. The van der Waals surface area contributed by atoms with Crippen LogP contribution in [0.25, 0.3) is 0 Å². The third-order valence-electron chi connectivity index (χ3n) is 6.52. The van der Waals surface area contributed by atoms with Crippen LogP contribution >= 0.6 is 0 Å². The van der Waals surface area contributed by atoms with Gasteiger partial charge in [-0.3, -0.25) is 0 Å². The van der Waals surface area contributed by atoms with E-state index >= 15 is 0 Å². The summed E-state index contributed by atoms with van der Waals surface area (Å²) in [6.45, 7) is 6.72. The zero-order chi connectivity index (χ0) is 15.0. The van der Waals surface area contributed by atoms with Crippen LogP contribution in [0.5, 0.6) is 0 Å². The van der Waals surface area contributed by atoms with E-state index in [1.54, 1.807) is 4.31 Å². The van der Waals surface area contributed by atoms with Gasteiger partial charge in [-0.25, -0.2) is 8.42 Å². The van der Waals surface area contributed by atoms with E-state index in [1.807, 2.05) is 13.0 Å². The Kier molecular flexibility index (Phi) is 2.56. The molecule has 1 aromatic rings. The minimum atomic E-state index is -3.20. The van der Waals surface area contributed by atoms with Gasteiger partial charge in [0.05, 0.1) is 18.0 Å². The molecule has 6 heteroatoms. The first kappa shape index (κ1) is 13.8. The van der Waals surface area contributed by atoms with Gasteiger partial charge in [-0.1, -0.05) is 19.0 Å². The normalized spacial score (nSPS) is 39.8. The number of fused-ring (bicyclic) bond motifs is 1. The second-order valence-electron chi connectivity index (χ2n) is 7.60. The lowest BCUT2D eigenvalue weighted by Crippen LogP contribution is -2.41. The number of nitrogens with zero attached hydrogens (tertiary/aromatic N) is 2. The van der Waals surface area contributed by atoms with Gasteiger partial charge in [-0.15, -0.1) is 0 Å². The van der Waals surface area contributed by atoms with Crippen LogP contribution in [0.3, 0.4) is 0 Å². The lowest BCUT2D eigenvalue weighted by atomic mass is 9.69. The van der Waals surface area contributed by atoms with E-state index in [-0.39, 0.29) is 16.9 Å². The topological polar surface area (TPSA) is 63.4 Å². The summed E-state index contributed by atoms with van der Waals surface area (Å²) in [5, 5.41) is 3.87. The molecular formula is C15H22N2O3S. The Morgan fingerprint density at radius 1 is 1.48 bits per heavy atom. The Morgan fingerprint density at radius 2 is 2.24 bits per heavy atom. The largest absolute Gasteiger partial charge is 0.360 e. The maximum atomic E-state index is 12.7. The van der Waals surface area contributed by atoms with E-state index in [2.05, 4.69) is 19.0 Å². The molecule has 3 atom stereocenters. The van der Waals surface area contributed by atoms with E-state index in [0.29, 0.717) is 24.0 Å². The molecule has 1 spiro atoms. The van der Waals surface area contributed by atoms with Gasteiger partial charge in [-0.05, 0) is 37.5 Å². The average Bonchev–Trinajstić information content (AvgIpc) is 3.01. The molecule has 1 aliphatic heterocycles. The van der Waals surface area contributed by atoms with Crippen molar-refractivity contribution in [3.8, 4) is 0 Å². The second-order valence-corrected chi connectivity index (χ2v) is 9.52. The summed E-state index contributed by atoms with van der Waals surface area (Å²) in [4.78, 5) is 0. The van der Waals surface area contributed by atoms with Crippen molar-refractivity contribution >= 4 is 10.0 Å². The van der Waals surface area contributed by atoms with Gasteiger partial charge in [0.1, 0.15) is 0 Å². The molecule has 2 saturated carbocycles. The number of hydrogen-bond acceptors (Lipinski definition) is 4. The van der Waals surface area contributed by atoms with Crippen LogP contribution in [-0.4, -0.2) is 29.7 Å². The molecule has 0 radical (unpaired) electrons. The zero-order valence-electron chi connectivity index (χ0n) is 12.8. The molecule has 3 aliphatic rings. The highest BCUT2D eigenvalue weighted by Gasteiger charge is 2.71. The van der Waals surface area contributed by atoms with Gasteiger partial charge in [-0.2, -0.15) is 4.31 Å². The highest BCUT2D eigenvalue weighted by Crippen LogP contribution is 2.70. The lowest BCUT2D eigenvalue weighted by molar-refractivity contribution is 0.109. The Morgan fingerprint density at radius 3 is 2.86 bits per heavy atom. The SMILES string of the molecule is Cc1cc(CN2[C@H]3C[C@H]4CC[C@@]3(CS2(=O)=O)C4(C)C)on1. The summed E-state index contributed by atoms with van der Waals surface area (Å²) in [6.07, 6.45) is 3.22. The van der Waals surface area contributed by atoms with Crippen molar-refractivity contribution in [1.82, 2.24) is 9.46 Å². The molecule has 2 aliphatic carbocycles. The number of aromatic nitrogens is 1. The Hall–Kier alpha value is -0.880. The fraction of sp³-hybridized carbons (Fsp3) is 0.800. The third kappa shape index (κ3) is 1.60.